The number of amides is 2. The van der Waals surface area contributed by atoms with Gasteiger partial charge < -0.3 is 25.6 Å². The summed E-state index contributed by atoms with van der Waals surface area (Å²) in [6, 6.07) is 6.15. The van der Waals surface area contributed by atoms with Gasteiger partial charge in [0.15, 0.2) is 0 Å². The van der Waals surface area contributed by atoms with Crippen LogP contribution in [0.1, 0.15) is 25.3 Å². The van der Waals surface area contributed by atoms with E-state index in [1.165, 1.54) is 12.1 Å². The fraction of sp³-hybridized carbons (Fsp3) is 0.500. The number of nitrogens with zero attached hydrogens (tertiary/aromatic N) is 2. The molecule has 3 fully saturated rings. The summed E-state index contributed by atoms with van der Waals surface area (Å²) in [5, 5.41) is 2.85. The van der Waals surface area contributed by atoms with Crippen molar-refractivity contribution in [1.29, 1.82) is 0 Å². The van der Waals surface area contributed by atoms with Crippen molar-refractivity contribution in [1.82, 2.24) is 15.1 Å². The molecule has 4 rings (SSSR count). The highest BCUT2D eigenvalue weighted by Crippen LogP contribution is 2.32. The van der Waals surface area contributed by atoms with Gasteiger partial charge in [-0.25, -0.2) is 9.18 Å². The molecular weight excluding hydrogens is 419 g/mol. The lowest BCUT2D eigenvalue weighted by atomic mass is 10.00. The van der Waals surface area contributed by atoms with E-state index in [1.54, 1.807) is 18.2 Å². The average Bonchev–Trinajstić information content (AvgIpc) is 3.37. The third kappa shape index (κ3) is 6.03. The zero-order valence-corrected chi connectivity index (χ0v) is 19.4. The molecule has 3 heterocycles. The van der Waals surface area contributed by atoms with E-state index in [4.69, 9.17) is 10.5 Å². The van der Waals surface area contributed by atoms with Gasteiger partial charge in [-0.15, -0.1) is 0 Å². The Balaban J connectivity index is 1.24. The predicted molar refractivity (Wildman–Crippen MR) is 129 cm³/mol. The minimum Gasteiger partial charge on any atom is -0.397 e. The summed E-state index contributed by atoms with van der Waals surface area (Å²) in [4.78, 5) is 17.2. The molecule has 178 valence electrons. The largest absolute Gasteiger partial charge is 0.397 e. The van der Waals surface area contributed by atoms with Gasteiger partial charge in [-0.2, -0.15) is 0 Å². The van der Waals surface area contributed by atoms with Gasteiger partial charge in [0.2, 0.25) is 0 Å². The molecule has 3 aliphatic rings. The third-order valence-corrected chi connectivity index (χ3v) is 7.13. The molecule has 0 spiro atoms. The quantitative estimate of drug-likeness (QED) is 0.645. The minimum atomic E-state index is -0.268. The van der Waals surface area contributed by atoms with Gasteiger partial charge in [0.05, 0.1) is 11.4 Å². The van der Waals surface area contributed by atoms with Crippen LogP contribution in [0.5, 0.6) is 0 Å². The van der Waals surface area contributed by atoms with Crippen molar-refractivity contribution in [3.63, 3.8) is 0 Å². The van der Waals surface area contributed by atoms with Crippen LogP contribution in [0.2, 0.25) is 0 Å². The van der Waals surface area contributed by atoms with E-state index in [1.807, 2.05) is 17.9 Å². The summed E-state index contributed by atoms with van der Waals surface area (Å²) >= 11 is 0. The lowest BCUT2D eigenvalue weighted by Gasteiger charge is -2.28. The number of nitrogens with two attached hydrogens (primary N) is 1. The van der Waals surface area contributed by atoms with Crippen molar-refractivity contribution >= 4 is 11.6 Å². The number of ether oxygens (including phenoxy) is 1. The average molecular weight is 455 g/mol. The van der Waals surface area contributed by atoms with Crippen LogP contribution in [0.3, 0.4) is 0 Å². The highest BCUT2D eigenvalue weighted by atomic mass is 19.1. The van der Waals surface area contributed by atoms with Gasteiger partial charge in [-0.1, -0.05) is 24.8 Å². The SMILES string of the molecule is C=C(NC(=O)N1CC2CN(CC3CCOCC3)CC2C1)/C(N)=C\C=C(/C)c1ccc(F)cc1. The van der Waals surface area contributed by atoms with Crippen LogP contribution in [0.15, 0.2) is 54.4 Å². The monoisotopic (exact) mass is 454 g/mol. The van der Waals surface area contributed by atoms with Crippen LogP contribution in [0.4, 0.5) is 9.18 Å². The second kappa shape index (κ2) is 10.5. The fourth-order valence-electron chi connectivity index (χ4n) is 5.10. The Hall–Kier alpha value is -2.64. The van der Waals surface area contributed by atoms with Crippen LogP contribution in [-0.4, -0.2) is 61.8 Å². The van der Waals surface area contributed by atoms with E-state index in [0.29, 0.717) is 23.2 Å². The number of halogens is 1. The van der Waals surface area contributed by atoms with E-state index in [2.05, 4.69) is 16.8 Å². The number of rotatable bonds is 6. The predicted octanol–water partition coefficient (Wildman–Crippen LogP) is 3.59. The molecule has 0 bridgehead atoms. The van der Waals surface area contributed by atoms with Crippen LogP contribution in [0.25, 0.3) is 5.57 Å². The first-order chi connectivity index (χ1) is 15.9. The highest BCUT2D eigenvalue weighted by molar-refractivity contribution is 5.77. The molecule has 0 aliphatic carbocycles. The van der Waals surface area contributed by atoms with E-state index >= 15 is 0 Å². The Morgan fingerprint density at radius 3 is 2.42 bits per heavy atom. The van der Waals surface area contributed by atoms with Crippen molar-refractivity contribution in [2.24, 2.45) is 23.5 Å². The highest BCUT2D eigenvalue weighted by Gasteiger charge is 2.42. The van der Waals surface area contributed by atoms with Gasteiger partial charge in [0.1, 0.15) is 5.82 Å². The lowest BCUT2D eigenvalue weighted by Crippen LogP contribution is -2.41. The van der Waals surface area contributed by atoms with Gasteiger partial charge in [-0.05, 0) is 66.9 Å². The number of likely N-dealkylation sites (tertiary alicyclic amines) is 2. The second-order valence-electron chi connectivity index (χ2n) is 9.59. The van der Waals surface area contributed by atoms with Gasteiger partial charge in [0, 0.05) is 45.9 Å². The summed E-state index contributed by atoms with van der Waals surface area (Å²) in [6.45, 7) is 12.5. The molecule has 0 radical (unpaired) electrons. The first-order valence-electron chi connectivity index (χ1n) is 11.8. The molecule has 0 aromatic heterocycles. The maximum Gasteiger partial charge on any atom is 0.321 e. The fourth-order valence-corrected chi connectivity index (χ4v) is 5.10. The Bertz CT molecular complexity index is 907. The van der Waals surface area contributed by atoms with Crippen molar-refractivity contribution < 1.29 is 13.9 Å². The Morgan fingerprint density at radius 2 is 1.79 bits per heavy atom. The maximum atomic E-state index is 13.1. The number of benzene rings is 1. The first-order valence-corrected chi connectivity index (χ1v) is 11.8. The smallest absolute Gasteiger partial charge is 0.321 e. The molecule has 33 heavy (non-hydrogen) atoms. The van der Waals surface area contributed by atoms with Crippen LogP contribution in [0, 0.1) is 23.6 Å². The number of nitrogens with one attached hydrogen (secondary N) is 1. The molecule has 7 heteroatoms. The number of carbonyl (C=O) groups is 1. The van der Waals surface area contributed by atoms with Gasteiger partial charge in [0.25, 0.3) is 0 Å². The van der Waals surface area contributed by atoms with Crippen LogP contribution in [-0.2, 0) is 4.74 Å². The van der Waals surface area contributed by atoms with Gasteiger partial charge in [-0.3, -0.25) is 0 Å². The van der Waals surface area contributed by atoms with Gasteiger partial charge >= 0.3 is 6.03 Å². The molecule has 6 nitrogen and oxygen atoms in total. The van der Waals surface area contributed by atoms with Crippen molar-refractivity contribution in [2.75, 3.05) is 45.9 Å². The molecule has 2 amide bonds. The second-order valence-corrected chi connectivity index (χ2v) is 9.59. The molecular formula is C26H35FN4O2. The zero-order valence-electron chi connectivity index (χ0n) is 19.4. The van der Waals surface area contributed by atoms with Crippen molar-refractivity contribution in [2.45, 2.75) is 19.8 Å². The Kier molecular flexibility index (Phi) is 7.50. The number of carbonyl (C=O) groups excluding carboxylic acids is 1. The first kappa shape index (κ1) is 23.5. The molecule has 3 saturated heterocycles. The lowest BCUT2D eigenvalue weighted by molar-refractivity contribution is 0.0543. The summed E-state index contributed by atoms with van der Waals surface area (Å²) < 4.78 is 18.6. The van der Waals surface area contributed by atoms with E-state index in [0.717, 1.165) is 75.8 Å². The molecule has 3 aliphatic heterocycles. The number of fused-ring (bicyclic) bond motifs is 1. The topological polar surface area (TPSA) is 70.8 Å². The molecule has 2 unspecified atom stereocenters. The number of hydrogen-bond donors (Lipinski definition) is 2. The van der Waals surface area contributed by atoms with E-state index in [9.17, 15) is 9.18 Å². The summed E-state index contributed by atoms with van der Waals surface area (Å²) in [5.41, 5.74) is 8.75. The summed E-state index contributed by atoms with van der Waals surface area (Å²) in [7, 11) is 0. The molecule has 3 N–H and O–H groups in total. The zero-order chi connectivity index (χ0) is 23.4. The third-order valence-electron chi connectivity index (χ3n) is 7.13. The summed E-state index contributed by atoms with van der Waals surface area (Å²) in [6.07, 6.45) is 5.88. The Labute approximate surface area is 195 Å². The number of hydrogen-bond acceptors (Lipinski definition) is 4. The van der Waals surface area contributed by atoms with Crippen LogP contribution >= 0.6 is 0 Å². The number of urea groups is 1. The minimum absolute atomic E-state index is 0.138. The Morgan fingerprint density at radius 1 is 1.15 bits per heavy atom. The van der Waals surface area contributed by atoms with E-state index in [-0.39, 0.29) is 11.8 Å². The van der Waals surface area contributed by atoms with Crippen molar-refractivity contribution in [3.8, 4) is 0 Å². The van der Waals surface area contributed by atoms with E-state index < -0.39 is 0 Å². The standard InChI is InChI=1S/C26H35FN4O2/c1-18(21-4-6-24(27)7-5-21)3-8-25(28)19(2)29-26(32)31-16-22-14-30(15-23(22)17-31)13-20-9-11-33-12-10-20/h3-8,20,22-23H,2,9-17,28H2,1H3,(H,29,32)/b18-3+,25-8+. The molecule has 2 atom stereocenters. The molecule has 0 saturated carbocycles. The molecule has 1 aromatic carbocycles. The summed E-state index contributed by atoms with van der Waals surface area (Å²) in [5.74, 6) is 1.56. The van der Waals surface area contributed by atoms with Crippen LogP contribution < -0.4 is 11.1 Å². The molecule has 1 aromatic rings. The number of allylic oxidation sites excluding steroid dienone is 3. The maximum absolute atomic E-state index is 13.1. The van der Waals surface area contributed by atoms with Crippen molar-refractivity contribution in [3.05, 3.63) is 65.8 Å². The normalized spacial score (nSPS) is 24.7.